The topological polar surface area (TPSA) is 65.2 Å². The Morgan fingerprint density at radius 1 is 1.22 bits per heavy atom. The molecule has 146 valence electrons. The van der Waals surface area contributed by atoms with Crippen LogP contribution in [0, 0.1) is 0 Å². The van der Waals surface area contributed by atoms with Gasteiger partial charge in [0.05, 0.1) is 6.42 Å². The number of hydrogen-bond donors (Lipinski definition) is 2. The van der Waals surface area contributed by atoms with Crippen LogP contribution < -0.4 is 5.32 Å². The summed E-state index contributed by atoms with van der Waals surface area (Å²) in [5.74, 6) is -0.0745. The molecule has 2 aromatic rings. The number of likely N-dealkylation sites (N-methyl/N-ethyl adjacent to an activating group) is 1. The summed E-state index contributed by atoms with van der Waals surface area (Å²) in [6, 6.07) is 8.21. The van der Waals surface area contributed by atoms with E-state index in [0.29, 0.717) is 6.42 Å². The molecular formula is C22H31N3O2. The van der Waals surface area contributed by atoms with Crippen LogP contribution in [0.3, 0.4) is 0 Å². The average molecular weight is 370 g/mol. The molecule has 1 aliphatic carbocycles. The van der Waals surface area contributed by atoms with E-state index in [9.17, 15) is 9.59 Å². The molecule has 5 heteroatoms. The van der Waals surface area contributed by atoms with E-state index < -0.39 is 5.54 Å². The summed E-state index contributed by atoms with van der Waals surface area (Å²) in [4.78, 5) is 30.8. The lowest BCUT2D eigenvalue weighted by Gasteiger charge is -2.38. The summed E-state index contributed by atoms with van der Waals surface area (Å²) in [5.41, 5.74) is 1.16. The largest absolute Gasteiger partial charge is 0.361 e. The van der Waals surface area contributed by atoms with Crippen molar-refractivity contribution in [3.63, 3.8) is 0 Å². The standard InChI is InChI=1S/C22H31N3O2/c1-4-22(2,21(27)24-17-10-6-5-7-11-17)25(3)20(26)14-16-15-23-19-13-9-8-12-18(16)19/h8-9,12-13,15,17,23H,4-7,10-11,14H2,1-3H3,(H,24,27)/t22-/m0/s1. The Kier molecular flexibility index (Phi) is 5.88. The molecule has 0 unspecified atom stereocenters. The van der Waals surface area contributed by atoms with Gasteiger partial charge in [-0.1, -0.05) is 44.4 Å². The van der Waals surface area contributed by atoms with Crippen molar-refractivity contribution in [3.8, 4) is 0 Å². The van der Waals surface area contributed by atoms with E-state index in [1.807, 2.05) is 44.3 Å². The molecule has 1 atom stereocenters. The van der Waals surface area contributed by atoms with Crippen molar-refractivity contribution in [3.05, 3.63) is 36.0 Å². The summed E-state index contributed by atoms with van der Waals surface area (Å²) in [6.07, 6.45) is 8.43. The van der Waals surface area contributed by atoms with E-state index in [2.05, 4.69) is 10.3 Å². The second-order valence-electron chi connectivity index (χ2n) is 7.92. The first kappa shape index (κ1) is 19.5. The first-order chi connectivity index (χ1) is 13.0. The van der Waals surface area contributed by atoms with Crippen LogP contribution in [0.2, 0.25) is 0 Å². The number of amides is 2. The Labute approximate surface area is 161 Å². The van der Waals surface area contributed by atoms with Crippen LogP contribution in [0.25, 0.3) is 10.9 Å². The van der Waals surface area contributed by atoms with Crippen LogP contribution in [0.15, 0.2) is 30.5 Å². The fourth-order valence-corrected chi connectivity index (χ4v) is 3.97. The van der Waals surface area contributed by atoms with Gasteiger partial charge < -0.3 is 15.2 Å². The van der Waals surface area contributed by atoms with Crippen molar-refractivity contribution in [1.29, 1.82) is 0 Å². The van der Waals surface area contributed by atoms with E-state index >= 15 is 0 Å². The Bertz CT molecular complexity index is 807. The van der Waals surface area contributed by atoms with Gasteiger partial charge in [0.1, 0.15) is 5.54 Å². The van der Waals surface area contributed by atoms with Crippen molar-refractivity contribution in [1.82, 2.24) is 15.2 Å². The molecule has 1 fully saturated rings. The molecule has 3 rings (SSSR count). The number of aromatic nitrogens is 1. The zero-order chi connectivity index (χ0) is 19.4. The quantitative estimate of drug-likeness (QED) is 0.814. The van der Waals surface area contributed by atoms with Gasteiger partial charge in [0.25, 0.3) is 0 Å². The van der Waals surface area contributed by atoms with Gasteiger partial charge in [0, 0.05) is 30.2 Å². The fourth-order valence-electron chi connectivity index (χ4n) is 3.97. The number of aromatic amines is 1. The molecule has 0 spiro atoms. The molecule has 1 aromatic heterocycles. The second-order valence-corrected chi connectivity index (χ2v) is 7.92. The lowest BCUT2D eigenvalue weighted by atomic mass is 9.91. The Morgan fingerprint density at radius 2 is 1.93 bits per heavy atom. The number of hydrogen-bond acceptors (Lipinski definition) is 2. The molecule has 1 aliphatic rings. The number of H-pyrrole nitrogens is 1. The van der Waals surface area contributed by atoms with Gasteiger partial charge in [-0.15, -0.1) is 0 Å². The Balaban J connectivity index is 1.71. The molecule has 27 heavy (non-hydrogen) atoms. The highest BCUT2D eigenvalue weighted by atomic mass is 16.2. The third kappa shape index (κ3) is 4.02. The summed E-state index contributed by atoms with van der Waals surface area (Å²) in [5, 5.41) is 4.26. The molecule has 0 bridgehead atoms. The number of nitrogens with zero attached hydrogens (tertiary/aromatic N) is 1. The Morgan fingerprint density at radius 3 is 2.63 bits per heavy atom. The lowest BCUT2D eigenvalue weighted by Crippen LogP contribution is -2.59. The molecular weight excluding hydrogens is 338 g/mol. The number of benzene rings is 1. The Hall–Kier alpha value is -2.30. The maximum atomic E-state index is 13.0. The third-order valence-electron chi connectivity index (χ3n) is 6.25. The molecule has 1 heterocycles. The molecule has 1 aromatic carbocycles. The van der Waals surface area contributed by atoms with Crippen LogP contribution >= 0.6 is 0 Å². The number of rotatable bonds is 6. The lowest BCUT2D eigenvalue weighted by molar-refractivity contribution is -0.145. The number of carbonyl (C=O) groups excluding carboxylic acids is 2. The van der Waals surface area contributed by atoms with Crippen molar-refractivity contribution in [2.75, 3.05) is 7.05 Å². The normalized spacial score (nSPS) is 17.4. The van der Waals surface area contributed by atoms with Gasteiger partial charge in [-0.2, -0.15) is 0 Å². The van der Waals surface area contributed by atoms with Crippen molar-refractivity contribution < 1.29 is 9.59 Å². The van der Waals surface area contributed by atoms with Gasteiger partial charge in [0.15, 0.2) is 0 Å². The van der Waals surface area contributed by atoms with Gasteiger partial charge in [-0.25, -0.2) is 0 Å². The fraction of sp³-hybridized carbons (Fsp3) is 0.545. The van der Waals surface area contributed by atoms with E-state index in [1.165, 1.54) is 19.3 Å². The average Bonchev–Trinajstić information content (AvgIpc) is 3.10. The van der Waals surface area contributed by atoms with E-state index in [0.717, 1.165) is 29.3 Å². The highest BCUT2D eigenvalue weighted by molar-refractivity contribution is 5.93. The SMILES string of the molecule is CC[C@@](C)(C(=O)NC1CCCCC1)N(C)C(=O)Cc1c[nH]c2ccccc12. The minimum atomic E-state index is -0.833. The van der Waals surface area contributed by atoms with E-state index in [-0.39, 0.29) is 24.3 Å². The maximum Gasteiger partial charge on any atom is 0.245 e. The van der Waals surface area contributed by atoms with Gasteiger partial charge >= 0.3 is 0 Å². The summed E-state index contributed by atoms with van der Waals surface area (Å²) in [6.45, 7) is 3.84. The molecule has 1 saturated carbocycles. The first-order valence-electron chi connectivity index (χ1n) is 10.1. The highest BCUT2D eigenvalue weighted by Crippen LogP contribution is 2.24. The van der Waals surface area contributed by atoms with Crippen molar-refractivity contribution in [2.24, 2.45) is 0 Å². The molecule has 5 nitrogen and oxygen atoms in total. The third-order valence-corrected chi connectivity index (χ3v) is 6.25. The van der Waals surface area contributed by atoms with Crippen LogP contribution in [0.1, 0.15) is 57.9 Å². The number of nitrogens with one attached hydrogen (secondary N) is 2. The van der Waals surface area contributed by atoms with E-state index in [1.54, 1.807) is 11.9 Å². The van der Waals surface area contributed by atoms with Crippen LogP contribution in [0.5, 0.6) is 0 Å². The number of fused-ring (bicyclic) bond motifs is 1. The van der Waals surface area contributed by atoms with Crippen molar-refractivity contribution in [2.45, 2.75) is 70.4 Å². The van der Waals surface area contributed by atoms with Crippen molar-refractivity contribution >= 4 is 22.7 Å². The molecule has 2 N–H and O–H groups in total. The van der Waals surface area contributed by atoms with Gasteiger partial charge in [-0.05, 0) is 37.8 Å². The zero-order valence-corrected chi connectivity index (χ0v) is 16.7. The minimum Gasteiger partial charge on any atom is -0.361 e. The van der Waals surface area contributed by atoms with Crippen LogP contribution in [0.4, 0.5) is 0 Å². The predicted octanol–water partition coefficient (Wildman–Crippen LogP) is 3.79. The summed E-state index contributed by atoms with van der Waals surface area (Å²) < 4.78 is 0. The monoisotopic (exact) mass is 369 g/mol. The first-order valence-corrected chi connectivity index (χ1v) is 10.1. The van der Waals surface area contributed by atoms with Crippen LogP contribution in [-0.2, 0) is 16.0 Å². The molecule has 0 radical (unpaired) electrons. The zero-order valence-electron chi connectivity index (χ0n) is 16.7. The van der Waals surface area contributed by atoms with Gasteiger partial charge in [0.2, 0.25) is 11.8 Å². The molecule has 2 amide bonds. The second kappa shape index (κ2) is 8.15. The maximum absolute atomic E-state index is 13.0. The van der Waals surface area contributed by atoms with Gasteiger partial charge in [-0.3, -0.25) is 9.59 Å². The molecule has 0 aliphatic heterocycles. The highest BCUT2D eigenvalue weighted by Gasteiger charge is 2.39. The minimum absolute atomic E-state index is 0.0355. The van der Waals surface area contributed by atoms with E-state index in [4.69, 9.17) is 0 Å². The number of para-hydroxylation sites is 1. The van der Waals surface area contributed by atoms with Crippen LogP contribution in [-0.4, -0.2) is 40.3 Å². The summed E-state index contributed by atoms with van der Waals surface area (Å²) >= 11 is 0. The summed E-state index contributed by atoms with van der Waals surface area (Å²) in [7, 11) is 1.75. The smallest absolute Gasteiger partial charge is 0.245 e. The predicted molar refractivity (Wildman–Crippen MR) is 108 cm³/mol. The number of carbonyl (C=O) groups is 2. The molecule has 0 saturated heterocycles.